The Morgan fingerprint density at radius 2 is 2.22 bits per heavy atom. The largest absolute Gasteiger partial charge is 0.497 e. The molecule has 0 amide bonds. The fraction of sp³-hybridized carbons (Fsp3) is 0.167. The number of methoxy groups -OCH3 is 1. The summed E-state index contributed by atoms with van der Waals surface area (Å²) in [4.78, 5) is 0.303. The molecule has 0 aliphatic carbocycles. The number of aromatic nitrogens is 2. The molecule has 0 bridgehead atoms. The normalized spacial score (nSPS) is 10.4. The molecule has 18 heavy (non-hydrogen) atoms. The highest BCUT2D eigenvalue weighted by Gasteiger charge is 2.11. The number of thiocarbonyl (C=S) groups is 1. The van der Waals surface area contributed by atoms with Gasteiger partial charge in [0.1, 0.15) is 10.7 Å². The van der Waals surface area contributed by atoms with E-state index in [4.69, 9.17) is 34.3 Å². The van der Waals surface area contributed by atoms with Crippen molar-refractivity contribution in [3.63, 3.8) is 0 Å². The van der Waals surface area contributed by atoms with Gasteiger partial charge >= 0.3 is 0 Å². The number of hydrogen-bond acceptors (Lipinski definition) is 3. The highest BCUT2D eigenvalue weighted by atomic mass is 35.5. The fourth-order valence-corrected chi connectivity index (χ4v) is 1.90. The van der Waals surface area contributed by atoms with Gasteiger partial charge in [-0.25, -0.2) is 4.68 Å². The van der Waals surface area contributed by atoms with Crippen molar-refractivity contribution in [3.8, 4) is 11.4 Å². The molecule has 94 valence electrons. The van der Waals surface area contributed by atoms with Crippen molar-refractivity contribution >= 4 is 28.8 Å². The molecule has 0 aliphatic rings. The SMILES string of the molecule is COc1ccc(C(N)=S)c(-n2cc(Cl)c(C)n2)c1. The van der Waals surface area contributed by atoms with E-state index in [1.807, 2.05) is 13.0 Å². The van der Waals surface area contributed by atoms with Crippen LogP contribution >= 0.6 is 23.8 Å². The molecule has 0 fully saturated rings. The maximum absolute atomic E-state index is 6.01. The summed E-state index contributed by atoms with van der Waals surface area (Å²) in [5.74, 6) is 0.703. The van der Waals surface area contributed by atoms with Gasteiger partial charge in [0.25, 0.3) is 0 Å². The van der Waals surface area contributed by atoms with E-state index in [1.165, 1.54) is 0 Å². The molecule has 0 atom stereocenters. The molecule has 4 nitrogen and oxygen atoms in total. The first-order chi connectivity index (χ1) is 8.52. The number of rotatable bonds is 3. The van der Waals surface area contributed by atoms with E-state index in [9.17, 15) is 0 Å². The van der Waals surface area contributed by atoms with Crippen LogP contribution in [0.25, 0.3) is 5.69 Å². The summed E-state index contributed by atoms with van der Waals surface area (Å²) in [5.41, 5.74) is 7.92. The highest BCUT2D eigenvalue weighted by molar-refractivity contribution is 7.80. The van der Waals surface area contributed by atoms with Crippen LogP contribution in [0, 0.1) is 6.92 Å². The molecular formula is C12H12ClN3OS. The van der Waals surface area contributed by atoms with Crippen LogP contribution in [-0.4, -0.2) is 21.9 Å². The molecule has 0 saturated carbocycles. The van der Waals surface area contributed by atoms with E-state index >= 15 is 0 Å². The van der Waals surface area contributed by atoms with Crippen LogP contribution in [0.15, 0.2) is 24.4 Å². The summed E-state index contributed by atoms with van der Waals surface area (Å²) < 4.78 is 6.84. The van der Waals surface area contributed by atoms with E-state index < -0.39 is 0 Å². The van der Waals surface area contributed by atoms with Gasteiger partial charge in [0, 0.05) is 17.8 Å². The zero-order valence-corrected chi connectivity index (χ0v) is 11.5. The lowest BCUT2D eigenvalue weighted by Gasteiger charge is -2.10. The minimum Gasteiger partial charge on any atom is -0.497 e. The van der Waals surface area contributed by atoms with E-state index in [2.05, 4.69) is 5.10 Å². The minimum atomic E-state index is 0.303. The van der Waals surface area contributed by atoms with E-state index in [-0.39, 0.29) is 0 Å². The van der Waals surface area contributed by atoms with Crippen molar-refractivity contribution in [1.82, 2.24) is 9.78 Å². The van der Waals surface area contributed by atoms with Crippen LogP contribution in [0.4, 0.5) is 0 Å². The van der Waals surface area contributed by atoms with Gasteiger partial charge in [-0.05, 0) is 19.1 Å². The Morgan fingerprint density at radius 1 is 1.50 bits per heavy atom. The number of hydrogen-bond donors (Lipinski definition) is 1. The number of ether oxygens (including phenoxy) is 1. The lowest BCUT2D eigenvalue weighted by Crippen LogP contribution is -2.13. The van der Waals surface area contributed by atoms with E-state index in [1.54, 1.807) is 30.1 Å². The average Bonchev–Trinajstić information content (AvgIpc) is 2.68. The van der Waals surface area contributed by atoms with E-state index in [0.717, 1.165) is 16.9 Å². The predicted molar refractivity (Wildman–Crippen MR) is 75.8 cm³/mol. The van der Waals surface area contributed by atoms with Gasteiger partial charge < -0.3 is 10.5 Å². The number of aryl methyl sites for hydroxylation is 1. The lowest BCUT2D eigenvalue weighted by atomic mass is 10.1. The maximum Gasteiger partial charge on any atom is 0.121 e. The standard InChI is InChI=1S/C12H12ClN3OS/c1-7-10(13)6-16(15-7)11-5-8(17-2)3-4-9(11)12(14)18/h3-6H,1-2H3,(H2,14,18). The molecule has 0 radical (unpaired) electrons. The highest BCUT2D eigenvalue weighted by Crippen LogP contribution is 2.23. The number of halogens is 1. The molecule has 1 aromatic heterocycles. The average molecular weight is 282 g/mol. The summed E-state index contributed by atoms with van der Waals surface area (Å²) in [6, 6.07) is 5.43. The first-order valence-electron chi connectivity index (χ1n) is 5.23. The van der Waals surface area contributed by atoms with Crippen LogP contribution in [0.5, 0.6) is 5.75 Å². The van der Waals surface area contributed by atoms with Crippen LogP contribution in [0.2, 0.25) is 5.02 Å². The first-order valence-corrected chi connectivity index (χ1v) is 6.01. The van der Waals surface area contributed by atoms with Crippen molar-refractivity contribution in [2.24, 2.45) is 5.73 Å². The third kappa shape index (κ3) is 2.32. The van der Waals surface area contributed by atoms with Gasteiger partial charge in [-0.1, -0.05) is 23.8 Å². The summed E-state index contributed by atoms with van der Waals surface area (Å²) in [6.45, 7) is 1.83. The Bertz CT molecular complexity index is 590. The van der Waals surface area contributed by atoms with Crippen LogP contribution in [0.1, 0.15) is 11.3 Å². The molecule has 0 saturated heterocycles. The second-order valence-corrected chi connectivity index (χ2v) is 4.60. The van der Waals surface area contributed by atoms with Crippen molar-refractivity contribution in [2.75, 3.05) is 7.11 Å². The minimum absolute atomic E-state index is 0.303. The van der Waals surface area contributed by atoms with Crippen molar-refractivity contribution in [3.05, 3.63) is 40.7 Å². The van der Waals surface area contributed by atoms with Crippen molar-refractivity contribution in [1.29, 1.82) is 0 Å². The molecule has 0 spiro atoms. The molecule has 2 rings (SSSR count). The molecule has 1 heterocycles. The van der Waals surface area contributed by atoms with Gasteiger partial charge in [-0.15, -0.1) is 0 Å². The van der Waals surface area contributed by atoms with Gasteiger partial charge in [-0.2, -0.15) is 5.10 Å². The van der Waals surface area contributed by atoms with Gasteiger partial charge in [-0.3, -0.25) is 0 Å². The third-order valence-corrected chi connectivity index (χ3v) is 3.15. The number of benzene rings is 1. The van der Waals surface area contributed by atoms with Crippen LogP contribution in [0.3, 0.4) is 0 Å². The Balaban J connectivity index is 2.63. The van der Waals surface area contributed by atoms with Crippen molar-refractivity contribution < 1.29 is 4.74 Å². The quantitative estimate of drug-likeness (QED) is 0.878. The number of nitrogens with two attached hydrogens (primary N) is 1. The third-order valence-electron chi connectivity index (χ3n) is 2.56. The molecule has 2 N–H and O–H groups in total. The number of nitrogens with zero attached hydrogens (tertiary/aromatic N) is 2. The van der Waals surface area contributed by atoms with Gasteiger partial charge in [0.05, 0.1) is 23.5 Å². The van der Waals surface area contributed by atoms with Crippen molar-refractivity contribution in [2.45, 2.75) is 6.92 Å². The molecule has 2 aromatic rings. The zero-order valence-electron chi connectivity index (χ0n) is 9.98. The second kappa shape index (κ2) is 4.96. The van der Waals surface area contributed by atoms with Crippen LogP contribution < -0.4 is 10.5 Å². The van der Waals surface area contributed by atoms with Gasteiger partial charge in [0.15, 0.2) is 0 Å². The molecular weight excluding hydrogens is 270 g/mol. The molecule has 1 aromatic carbocycles. The zero-order chi connectivity index (χ0) is 13.3. The summed E-state index contributed by atoms with van der Waals surface area (Å²) in [6.07, 6.45) is 1.72. The molecule has 0 aliphatic heterocycles. The molecule has 0 unspecified atom stereocenters. The monoisotopic (exact) mass is 281 g/mol. The predicted octanol–water partition coefficient (Wildman–Crippen LogP) is 2.48. The fourth-order valence-electron chi connectivity index (χ4n) is 1.60. The maximum atomic E-state index is 6.01. The Labute approximate surface area is 115 Å². The Hall–Kier alpha value is -1.59. The summed E-state index contributed by atoms with van der Waals surface area (Å²) in [7, 11) is 1.60. The Kier molecular flexibility index (Phi) is 3.54. The van der Waals surface area contributed by atoms with Gasteiger partial charge in [0.2, 0.25) is 0 Å². The molecule has 6 heteroatoms. The lowest BCUT2D eigenvalue weighted by molar-refractivity contribution is 0.414. The smallest absolute Gasteiger partial charge is 0.121 e. The summed E-state index contributed by atoms with van der Waals surface area (Å²) in [5, 5.41) is 4.90. The Morgan fingerprint density at radius 3 is 2.72 bits per heavy atom. The topological polar surface area (TPSA) is 53.1 Å². The second-order valence-electron chi connectivity index (χ2n) is 3.75. The summed E-state index contributed by atoms with van der Waals surface area (Å²) >= 11 is 11.0. The first kappa shape index (κ1) is 12.9. The van der Waals surface area contributed by atoms with E-state index in [0.29, 0.717) is 15.8 Å². The van der Waals surface area contributed by atoms with Crippen LogP contribution in [-0.2, 0) is 0 Å².